The third-order valence-corrected chi connectivity index (χ3v) is 7.45. The Morgan fingerprint density at radius 3 is 1.85 bits per heavy atom. The Bertz CT molecular complexity index is 953. The number of aryl methyl sites for hydroxylation is 1. The fraction of sp³-hybridized carbons (Fsp3) is 0.647. The molecule has 0 atom stereocenters. The first-order chi connectivity index (χ1) is 19.1. The molecular weight excluding hydrogens is 486 g/mol. The Labute approximate surface area is 237 Å². The molecule has 0 aliphatic heterocycles. The summed E-state index contributed by atoms with van der Waals surface area (Å²) in [5.41, 5.74) is 1.81. The lowest BCUT2D eigenvalue weighted by Crippen LogP contribution is -2.17. The van der Waals surface area contributed by atoms with Crippen LogP contribution < -0.4 is 10.2 Å². The molecule has 0 aliphatic rings. The van der Waals surface area contributed by atoms with Gasteiger partial charge in [-0.3, -0.25) is 9.59 Å². The Balaban J connectivity index is 1.62. The maximum atomic E-state index is 12.7. The molecule has 0 N–H and O–H groups in total. The molecule has 0 amide bonds. The maximum Gasteiger partial charge on any atom is 0.305 e. The van der Waals surface area contributed by atoms with Crippen molar-refractivity contribution in [3.05, 3.63) is 64.1 Å². The molecule has 218 valence electrons. The summed E-state index contributed by atoms with van der Waals surface area (Å²) in [5, 5.41) is 0. The van der Waals surface area contributed by atoms with Crippen LogP contribution in [0.1, 0.15) is 127 Å². The van der Waals surface area contributed by atoms with Crippen molar-refractivity contribution in [3.8, 4) is 5.75 Å². The number of nitrogens with zero attached hydrogens (tertiary/aromatic N) is 1. The van der Waals surface area contributed by atoms with Crippen LogP contribution in [0.25, 0.3) is 0 Å². The number of methoxy groups -OCH3 is 1. The van der Waals surface area contributed by atoms with E-state index in [0.29, 0.717) is 25.3 Å². The fourth-order valence-corrected chi connectivity index (χ4v) is 5.01. The van der Waals surface area contributed by atoms with E-state index in [2.05, 4.69) is 19.1 Å². The highest BCUT2D eigenvalue weighted by Gasteiger charge is 2.11. The van der Waals surface area contributed by atoms with Crippen molar-refractivity contribution in [1.29, 1.82) is 0 Å². The Morgan fingerprint density at radius 1 is 0.769 bits per heavy atom. The number of pyridine rings is 1. The number of ether oxygens (including phenoxy) is 2. The number of rotatable bonds is 23. The minimum Gasteiger partial charge on any atom is -0.488 e. The summed E-state index contributed by atoms with van der Waals surface area (Å²) in [4.78, 5) is 24.4. The van der Waals surface area contributed by atoms with E-state index in [1.807, 2.05) is 22.8 Å². The van der Waals surface area contributed by atoms with E-state index in [-0.39, 0.29) is 17.8 Å². The van der Waals surface area contributed by atoms with Crippen LogP contribution in [-0.2, 0) is 22.5 Å². The van der Waals surface area contributed by atoms with E-state index >= 15 is 0 Å². The lowest BCUT2D eigenvalue weighted by molar-refractivity contribution is -0.140. The van der Waals surface area contributed by atoms with E-state index in [1.165, 1.54) is 97.0 Å². The molecule has 5 heteroatoms. The number of carbonyl (C=O) groups is 1. The van der Waals surface area contributed by atoms with Crippen LogP contribution in [0, 0.1) is 0 Å². The number of benzene rings is 1. The molecule has 2 rings (SSSR count). The van der Waals surface area contributed by atoms with Crippen LogP contribution >= 0.6 is 0 Å². The first-order valence-electron chi connectivity index (χ1n) is 15.6. The quantitative estimate of drug-likeness (QED) is 0.105. The molecule has 2 aromatic rings. The number of aromatic nitrogens is 1. The van der Waals surface area contributed by atoms with Gasteiger partial charge in [0.15, 0.2) is 5.75 Å². The van der Waals surface area contributed by atoms with Crippen LogP contribution in [0.4, 0.5) is 0 Å². The second-order valence-corrected chi connectivity index (χ2v) is 10.8. The Hall–Kier alpha value is -2.56. The molecule has 5 nitrogen and oxygen atoms in total. The molecule has 1 aromatic heterocycles. The predicted octanol–water partition coefficient (Wildman–Crippen LogP) is 8.64. The normalized spacial score (nSPS) is 11.0. The summed E-state index contributed by atoms with van der Waals surface area (Å²) >= 11 is 0. The van der Waals surface area contributed by atoms with Crippen molar-refractivity contribution in [2.45, 2.75) is 129 Å². The standard InChI is InChI=1S/C34H53NO4/c1-3-4-5-6-7-8-9-10-11-12-13-14-15-16-17-21-26-39-33-29-35(28-30-22-19-18-20-23-30)31(27-32(33)36)24-25-34(37)38-2/h18-20,22-23,27,29H,3-17,21,24-26,28H2,1-2H3. The van der Waals surface area contributed by atoms with Gasteiger partial charge in [-0.1, -0.05) is 134 Å². The van der Waals surface area contributed by atoms with Crippen molar-refractivity contribution in [3.63, 3.8) is 0 Å². The van der Waals surface area contributed by atoms with Gasteiger partial charge in [0.25, 0.3) is 0 Å². The number of hydrogen-bond donors (Lipinski definition) is 0. The van der Waals surface area contributed by atoms with E-state index in [1.54, 1.807) is 12.3 Å². The van der Waals surface area contributed by atoms with Crippen molar-refractivity contribution in [2.24, 2.45) is 0 Å². The summed E-state index contributed by atoms with van der Waals surface area (Å²) in [5.74, 6) is 0.103. The molecule has 0 aliphatic carbocycles. The van der Waals surface area contributed by atoms with Crippen LogP contribution in [-0.4, -0.2) is 24.3 Å². The number of hydrogen-bond acceptors (Lipinski definition) is 4. The summed E-state index contributed by atoms with van der Waals surface area (Å²) < 4.78 is 12.7. The lowest BCUT2D eigenvalue weighted by Gasteiger charge is -2.16. The van der Waals surface area contributed by atoms with E-state index in [0.717, 1.165) is 24.1 Å². The Morgan fingerprint density at radius 2 is 1.31 bits per heavy atom. The van der Waals surface area contributed by atoms with Crippen LogP contribution in [0.5, 0.6) is 5.75 Å². The Kier molecular flexibility index (Phi) is 17.8. The SMILES string of the molecule is CCCCCCCCCCCCCCCCCCOc1cn(Cc2ccccc2)c(CCC(=O)OC)cc1=O. The summed E-state index contributed by atoms with van der Waals surface area (Å²) in [6.07, 6.45) is 23.8. The zero-order valence-corrected chi connectivity index (χ0v) is 24.8. The smallest absolute Gasteiger partial charge is 0.305 e. The first kappa shape index (κ1) is 32.7. The average Bonchev–Trinajstić information content (AvgIpc) is 2.95. The molecule has 0 bridgehead atoms. The molecule has 0 fully saturated rings. The lowest BCUT2D eigenvalue weighted by atomic mass is 10.0. The van der Waals surface area contributed by atoms with Gasteiger partial charge < -0.3 is 14.0 Å². The summed E-state index contributed by atoms with van der Waals surface area (Å²) in [6, 6.07) is 11.7. The van der Waals surface area contributed by atoms with Crippen molar-refractivity contribution < 1.29 is 14.3 Å². The van der Waals surface area contributed by atoms with Crippen LogP contribution in [0.2, 0.25) is 0 Å². The fourth-order valence-electron chi connectivity index (χ4n) is 5.01. The zero-order valence-electron chi connectivity index (χ0n) is 24.8. The number of esters is 1. The van der Waals surface area contributed by atoms with Gasteiger partial charge in [-0.15, -0.1) is 0 Å². The molecule has 0 saturated carbocycles. The highest BCUT2D eigenvalue weighted by atomic mass is 16.5. The van der Waals surface area contributed by atoms with Crippen molar-refractivity contribution in [2.75, 3.05) is 13.7 Å². The molecule has 1 heterocycles. The van der Waals surface area contributed by atoms with Gasteiger partial charge in [0.2, 0.25) is 5.43 Å². The van der Waals surface area contributed by atoms with Crippen molar-refractivity contribution in [1.82, 2.24) is 4.57 Å². The van der Waals surface area contributed by atoms with Gasteiger partial charge >= 0.3 is 5.97 Å². The maximum absolute atomic E-state index is 12.7. The summed E-state index contributed by atoms with van der Waals surface area (Å²) in [6.45, 7) is 3.45. The van der Waals surface area contributed by atoms with Gasteiger partial charge in [-0.2, -0.15) is 0 Å². The summed E-state index contributed by atoms with van der Waals surface area (Å²) in [7, 11) is 1.38. The zero-order chi connectivity index (χ0) is 28.0. The highest BCUT2D eigenvalue weighted by Crippen LogP contribution is 2.15. The van der Waals surface area contributed by atoms with Gasteiger partial charge in [0.05, 0.1) is 26.3 Å². The second-order valence-electron chi connectivity index (χ2n) is 10.8. The molecule has 39 heavy (non-hydrogen) atoms. The molecule has 0 unspecified atom stereocenters. The van der Waals surface area contributed by atoms with E-state index < -0.39 is 0 Å². The average molecular weight is 540 g/mol. The van der Waals surface area contributed by atoms with Crippen molar-refractivity contribution >= 4 is 5.97 Å². The minimum atomic E-state index is -0.280. The number of carbonyl (C=O) groups excluding carboxylic acids is 1. The highest BCUT2D eigenvalue weighted by molar-refractivity contribution is 5.69. The first-order valence-corrected chi connectivity index (χ1v) is 15.6. The third-order valence-electron chi connectivity index (χ3n) is 7.45. The monoisotopic (exact) mass is 539 g/mol. The topological polar surface area (TPSA) is 57.5 Å². The second kappa shape index (κ2) is 21.3. The van der Waals surface area contributed by atoms with Crippen LogP contribution in [0.15, 0.2) is 47.4 Å². The molecule has 0 saturated heterocycles. The van der Waals surface area contributed by atoms with Gasteiger partial charge in [0, 0.05) is 18.3 Å². The predicted molar refractivity (Wildman–Crippen MR) is 162 cm³/mol. The third kappa shape index (κ3) is 15.0. The van der Waals surface area contributed by atoms with E-state index in [9.17, 15) is 9.59 Å². The van der Waals surface area contributed by atoms with Gasteiger partial charge in [-0.05, 0) is 18.4 Å². The molecule has 0 radical (unpaired) electrons. The van der Waals surface area contributed by atoms with Gasteiger partial charge in [0.1, 0.15) is 0 Å². The molecular formula is C34H53NO4. The minimum absolute atomic E-state index is 0.129. The number of unbranched alkanes of at least 4 members (excludes halogenated alkanes) is 15. The van der Waals surface area contributed by atoms with Gasteiger partial charge in [-0.25, -0.2) is 0 Å². The largest absolute Gasteiger partial charge is 0.488 e. The van der Waals surface area contributed by atoms with E-state index in [4.69, 9.17) is 9.47 Å². The van der Waals surface area contributed by atoms with Crippen LogP contribution in [0.3, 0.4) is 0 Å². The molecule has 0 spiro atoms. The molecule has 1 aromatic carbocycles.